The average molecular weight is 277 g/mol. The van der Waals surface area contributed by atoms with Gasteiger partial charge >= 0.3 is 5.69 Å². The van der Waals surface area contributed by atoms with Crippen LogP contribution < -0.4 is 11.2 Å². The standard InChI is InChI=1S/C11H14ClFN2O3/c12-9-8(13)10(16)15(11(17)14-9)5-4-7-3-1-2-6-18-7/h7H,1-6H2,(H,14,17). The van der Waals surface area contributed by atoms with E-state index < -0.39 is 22.2 Å². The number of hydrogen-bond acceptors (Lipinski definition) is 3. The summed E-state index contributed by atoms with van der Waals surface area (Å²) in [5.74, 6) is -1.12. The van der Waals surface area contributed by atoms with Crippen molar-refractivity contribution in [3.05, 3.63) is 31.8 Å². The SMILES string of the molecule is O=c1[nH]c(Cl)c(F)c(=O)n1CCC1CCCCO1. The van der Waals surface area contributed by atoms with Gasteiger partial charge in [-0.15, -0.1) is 0 Å². The second-order valence-electron chi connectivity index (χ2n) is 4.29. The molecule has 18 heavy (non-hydrogen) atoms. The average Bonchev–Trinajstić information content (AvgIpc) is 2.37. The summed E-state index contributed by atoms with van der Waals surface area (Å²) in [6, 6.07) is 0. The van der Waals surface area contributed by atoms with Gasteiger partial charge in [-0.2, -0.15) is 4.39 Å². The molecular formula is C11H14ClFN2O3. The number of halogens is 2. The Balaban J connectivity index is 2.12. The van der Waals surface area contributed by atoms with Gasteiger partial charge in [0.15, 0.2) is 5.15 Å². The van der Waals surface area contributed by atoms with E-state index in [-0.39, 0.29) is 12.6 Å². The van der Waals surface area contributed by atoms with Crippen molar-refractivity contribution >= 4 is 11.6 Å². The molecule has 0 spiro atoms. The number of aromatic amines is 1. The van der Waals surface area contributed by atoms with E-state index in [0.717, 1.165) is 23.8 Å². The van der Waals surface area contributed by atoms with Crippen molar-refractivity contribution in [1.29, 1.82) is 0 Å². The van der Waals surface area contributed by atoms with Gasteiger partial charge in [0.05, 0.1) is 6.10 Å². The van der Waals surface area contributed by atoms with E-state index in [1.807, 2.05) is 0 Å². The van der Waals surface area contributed by atoms with Crippen LogP contribution in [-0.2, 0) is 11.3 Å². The molecule has 0 amide bonds. The van der Waals surface area contributed by atoms with Crippen molar-refractivity contribution in [3.63, 3.8) is 0 Å². The van der Waals surface area contributed by atoms with Crippen molar-refractivity contribution in [2.45, 2.75) is 38.3 Å². The van der Waals surface area contributed by atoms with E-state index in [9.17, 15) is 14.0 Å². The molecule has 0 aromatic carbocycles. The summed E-state index contributed by atoms with van der Waals surface area (Å²) >= 11 is 5.37. The number of nitrogens with zero attached hydrogens (tertiary/aromatic N) is 1. The van der Waals surface area contributed by atoms with Crippen LogP contribution in [0.25, 0.3) is 0 Å². The van der Waals surface area contributed by atoms with E-state index in [0.29, 0.717) is 13.0 Å². The van der Waals surface area contributed by atoms with Crippen molar-refractivity contribution in [2.75, 3.05) is 6.61 Å². The Morgan fingerprint density at radius 2 is 2.22 bits per heavy atom. The van der Waals surface area contributed by atoms with Crippen LogP contribution in [0, 0.1) is 5.82 Å². The maximum absolute atomic E-state index is 13.3. The number of hydrogen-bond donors (Lipinski definition) is 1. The van der Waals surface area contributed by atoms with Crippen molar-refractivity contribution in [1.82, 2.24) is 9.55 Å². The fourth-order valence-corrected chi connectivity index (χ4v) is 2.19. The van der Waals surface area contributed by atoms with E-state index in [4.69, 9.17) is 16.3 Å². The minimum atomic E-state index is -1.12. The summed E-state index contributed by atoms with van der Waals surface area (Å²) in [5, 5.41) is -0.546. The van der Waals surface area contributed by atoms with E-state index in [1.54, 1.807) is 0 Å². The molecule has 1 saturated heterocycles. The second-order valence-corrected chi connectivity index (χ2v) is 4.67. The predicted octanol–water partition coefficient (Wildman–Crippen LogP) is 1.29. The molecule has 1 aliphatic rings. The lowest BCUT2D eigenvalue weighted by molar-refractivity contribution is 0.00842. The molecule has 100 valence electrons. The first-order valence-electron chi connectivity index (χ1n) is 5.89. The smallest absolute Gasteiger partial charge is 0.329 e. The Kier molecular flexibility index (Phi) is 4.19. The summed E-state index contributed by atoms with van der Waals surface area (Å²) in [7, 11) is 0. The molecule has 1 unspecified atom stereocenters. The summed E-state index contributed by atoms with van der Waals surface area (Å²) in [6.45, 7) is 0.831. The summed E-state index contributed by atoms with van der Waals surface area (Å²) in [6.07, 6.45) is 3.56. The first kappa shape index (κ1) is 13.3. The number of rotatable bonds is 3. The number of aromatic nitrogens is 2. The van der Waals surface area contributed by atoms with Crippen LogP contribution in [0.3, 0.4) is 0 Å². The van der Waals surface area contributed by atoms with Crippen molar-refractivity contribution < 1.29 is 9.13 Å². The summed E-state index contributed by atoms with van der Waals surface area (Å²) < 4.78 is 19.6. The fraction of sp³-hybridized carbons (Fsp3) is 0.636. The van der Waals surface area contributed by atoms with Crippen LogP contribution in [0.5, 0.6) is 0 Å². The second kappa shape index (κ2) is 5.67. The van der Waals surface area contributed by atoms with E-state index in [2.05, 4.69) is 4.98 Å². The third-order valence-electron chi connectivity index (χ3n) is 3.04. The number of nitrogens with one attached hydrogen (secondary N) is 1. The highest BCUT2D eigenvalue weighted by Gasteiger charge is 2.16. The maximum atomic E-state index is 13.3. The van der Waals surface area contributed by atoms with E-state index >= 15 is 0 Å². The Morgan fingerprint density at radius 3 is 2.89 bits per heavy atom. The van der Waals surface area contributed by atoms with Crippen LogP contribution in [-0.4, -0.2) is 22.3 Å². The minimum absolute atomic E-state index is 0.0313. The Hall–Kier alpha value is -1.14. The highest BCUT2D eigenvalue weighted by molar-refractivity contribution is 6.29. The zero-order valence-corrected chi connectivity index (χ0v) is 10.5. The minimum Gasteiger partial charge on any atom is -0.378 e. The topological polar surface area (TPSA) is 64.1 Å². The quantitative estimate of drug-likeness (QED) is 0.846. The molecule has 0 aliphatic carbocycles. The number of H-pyrrole nitrogens is 1. The van der Waals surface area contributed by atoms with Gasteiger partial charge in [0, 0.05) is 13.2 Å². The molecule has 2 heterocycles. The van der Waals surface area contributed by atoms with Crippen LogP contribution in [0.2, 0.25) is 5.15 Å². The zero-order valence-electron chi connectivity index (χ0n) is 9.75. The molecule has 0 radical (unpaired) electrons. The van der Waals surface area contributed by atoms with Gasteiger partial charge in [0.2, 0.25) is 5.82 Å². The number of ether oxygens (including phenoxy) is 1. The van der Waals surface area contributed by atoms with Crippen molar-refractivity contribution in [3.8, 4) is 0 Å². The molecule has 1 atom stereocenters. The van der Waals surface area contributed by atoms with Crippen LogP contribution in [0.4, 0.5) is 4.39 Å². The van der Waals surface area contributed by atoms with Gasteiger partial charge in [-0.1, -0.05) is 11.6 Å². The largest absolute Gasteiger partial charge is 0.378 e. The molecule has 1 N–H and O–H groups in total. The molecular weight excluding hydrogens is 263 g/mol. The highest BCUT2D eigenvalue weighted by atomic mass is 35.5. The lowest BCUT2D eigenvalue weighted by atomic mass is 10.1. The van der Waals surface area contributed by atoms with Crippen molar-refractivity contribution in [2.24, 2.45) is 0 Å². The molecule has 2 rings (SSSR count). The van der Waals surface area contributed by atoms with Gasteiger partial charge < -0.3 is 4.74 Å². The molecule has 1 aliphatic heterocycles. The Bertz CT molecular complexity index is 534. The molecule has 7 heteroatoms. The van der Waals surface area contributed by atoms with Gasteiger partial charge in [-0.3, -0.25) is 14.3 Å². The monoisotopic (exact) mass is 276 g/mol. The van der Waals surface area contributed by atoms with E-state index in [1.165, 1.54) is 0 Å². The third kappa shape index (κ3) is 2.81. The predicted molar refractivity (Wildman–Crippen MR) is 64.5 cm³/mol. The highest BCUT2D eigenvalue weighted by Crippen LogP contribution is 2.15. The van der Waals surface area contributed by atoms with Crippen LogP contribution in [0.1, 0.15) is 25.7 Å². The molecule has 1 fully saturated rings. The first-order chi connectivity index (χ1) is 8.59. The van der Waals surface area contributed by atoms with Gasteiger partial charge in [-0.25, -0.2) is 4.79 Å². The van der Waals surface area contributed by atoms with Gasteiger partial charge in [0.1, 0.15) is 0 Å². The molecule has 1 aromatic rings. The summed E-state index contributed by atoms with van der Waals surface area (Å²) in [4.78, 5) is 25.1. The Morgan fingerprint density at radius 1 is 1.44 bits per heavy atom. The Labute approximate surface area is 108 Å². The first-order valence-corrected chi connectivity index (χ1v) is 6.27. The molecule has 1 aromatic heterocycles. The summed E-state index contributed by atoms with van der Waals surface area (Å²) in [5.41, 5.74) is -1.68. The van der Waals surface area contributed by atoms with Gasteiger partial charge in [-0.05, 0) is 25.7 Å². The molecule has 0 saturated carbocycles. The maximum Gasteiger partial charge on any atom is 0.329 e. The lowest BCUT2D eigenvalue weighted by Crippen LogP contribution is -2.38. The molecule has 5 nitrogen and oxygen atoms in total. The van der Waals surface area contributed by atoms with Crippen LogP contribution >= 0.6 is 11.6 Å². The normalized spacial score (nSPS) is 20.0. The molecule has 0 bridgehead atoms. The van der Waals surface area contributed by atoms with Gasteiger partial charge in [0.25, 0.3) is 5.56 Å². The lowest BCUT2D eigenvalue weighted by Gasteiger charge is -2.22. The van der Waals surface area contributed by atoms with Crippen LogP contribution in [0.15, 0.2) is 9.59 Å². The fourth-order valence-electron chi connectivity index (χ4n) is 2.03. The zero-order chi connectivity index (χ0) is 13.1. The third-order valence-corrected chi connectivity index (χ3v) is 3.30.